The van der Waals surface area contributed by atoms with Gasteiger partial charge in [0.05, 0.1) is 21.7 Å². The summed E-state index contributed by atoms with van der Waals surface area (Å²) in [4.78, 5) is 16.7. The zero-order valence-electron chi connectivity index (χ0n) is 12.6. The molecule has 1 atom stereocenters. The van der Waals surface area contributed by atoms with Gasteiger partial charge in [-0.3, -0.25) is 9.78 Å². The lowest BCUT2D eigenvalue weighted by Crippen LogP contribution is -2.29. The number of rotatable bonds is 4. The van der Waals surface area contributed by atoms with E-state index in [2.05, 4.69) is 10.3 Å². The van der Waals surface area contributed by atoms with Crippen molar-refractivity contribution in [3.8, 4) is 0 Å². The zero-order valence-corrected chi connectivity index (χ0v) is 14.1. The number of pyridine rings is 1. The number of amides is 1. The number of hydrogen-bond donors (Lipinski definition) is 1. The standard InChI is InChI=1S/C19H14Cl2N2O/c20-16-8-4-7-15(17(16)21)19(24)23-18(13-5-2-1-3-6-13)14-9-11-22-12-10-14/h1-12,18H,(H,23,24). The monoisotopic (exact) mass is 356 g/mol. The molecule has 0 saturated carbocycles. The van der Waals surface area contributed by atoms with Crippen LogP contribution in [-0.2, 0) is 0 Å². The van der Waals surface area contributed by atoms with Gasteiger partial charge in [0.2, 0.25) is 0 Å². The number of aromatic nitrogens is 1. The van der Waals surface area contributed by atoms with Crippen LogP contribution in [0.3, 0.4) is 0 Å². The number of nitrogens with one attached hydrogen (secondary N) is 1. The fraction of sp³-hybridized carbons (Fsp3) is 0.0526. The molecule has 120 valence electrons. The Balaban J connectivity index is 1.95. The molecule has 0 fully saturated rings. The number of hydrogen-bond acceptors (Lipinski definition) is 2. The third kappa shape index (κ3) is 3.58. The molecule has 0 spiro atoms. The molecule has 0 bridgehead atoms. The minimum atomic E-state index is -0.309. The van der Waals surface area contributed by atoms with Crippen molar-refractivity contribution in [3.63, 3.8) is 0 Å². The molecule has 0 radical (unpaired) electrons. The van der Waals surface area contributed by atoms with E-state index in [1.165, 1.54) is 0 Å². The van der Waals surface area contributed by atoms with Crippen LogP contribution in [0.1, 0.15) is 27.5 Å². The van der Waals surface area contributed by atoms with Gasteiger partial charge in [0.15, 0.2) is 0 Å². The SMILES string of the molecule is O=C(NC(c1ccccc1)c1ccncc1)c1cccc(Cl)c1Cl. The average Bonchev–Trinajstić information content (AvgIpc) is 2.63. The molecule has 1 aromatic heterocycles. The number of benzene rings is 2. The second-order valence-corrected chi connectivity index (χ2v) is 5.98. The predicted octanol–water partition coefficient (Wildman–Crippen LogP) is 4.91. The number of nitrogens with zero attached hydrogens (tertiary/aromatic N) is 1. The summed E-state index contributed by atoms with van der Waals surface area (Å²) in [5, 5.41) is 3.62. The summed E-state index contributed by atoms with van der Waals surface area (Å²) < 4.78 is 0. The first-order valence-electron chi connectivity index (χ1n) is 7.36. The topological polar surface area (TPSA) is 42.0 Å². The lowest BCUT2D eigenvalue weighted by Gasteiger charge is -2.20. The van der Waals surface area contributed by atoms with E-state index in [1.807, 2.05) is 42.5 Å². The Labute approximate surface area is 150 Å². The van der Waals surface area contributed by atoms with Gasteiger partial charge in [-0.15, -0.1) is 0 Å². The van der Waals surface area contributed by atoms with Crippen LogP contribution < -0.4 is 5.32 Å². The van der Waals surface area contributed by atoms with E-state index in [1.54, 1.807) is 30.6 Å². The van der Waals surface area contributed by atoms with Gasteiger partial charge in [0.1, 0.15) is 0 Å². The molecule has 3 aromatic rings. The minimum absolute atomic E-state index is 0.248. The van der Waals surface area contributed by atoms with Gasteiger partial charge in [-0.2, -0.15) is 0 Å². The second-order valence-electron chi connectivity index (χ2n) is 5.20. The molecule has 2 aromatic carbocycles. The Hall–Kier alpha value is -2.36. The highest BCUT2D eigenvalue weighted by molar-refractivity contribution is 6.43. The van der Waals surface area contributed by atoms with Gasteiger partial charge in [-0.05, 0) is 35.4 Å². The molecule has 0 saturated heterocycles. The molecule has 3 nitrogen and oxygen atoms in total. The van der Waals surface area contributed by atoms with E-state index in [-0.39, 0.29) is 17.0 Å². The van der Waals surface area contributed by atoms with Crippen molar-refractivity contribution in [1.82, 2.24) is 10.3 Å². The average molecular weight is 357 g/mol. The van der Waals surface area contributed by atoms with E-state index in [0.29, 0.717) is 10.6 Å². The van der Waals surface area contributed by atoms with Crippen LogP contribution in [0.4, 0.5) is 0 Å². The molecule has 0 aliphatic heterocycles. The van der Waals surface area contributed by atoms with Crippen LogP contribution in [0.25, 0.3) is 0 Å². The lowest BCUT2D eigenvalue weighted by atomic mass is 9.99. The Kier molecular flexibility index (Phi) is 5.14. The molecule has 0 aliphatic carbocycles. The number of halogens is 2. The summed E-state index contributed by atoms with van der Waals surface area (Å²) in [7, 11) is 0. The summed E-state index contributed by atoms with van der Waals surface area (Å²) in [6.45, 7) is 0. The molecule has 3 rings (SSSR count). The van der Waals surface area contributed by atoms with E-state index in [9.17, 15) is 4.79 Å². The van der Waals surface area contributed by atoms with E-state index in [4.69, 9.17) is 23.2 Å². The molecular weight excluding hydrogens is 343 g/mol. The van der Waals surface area contributed by atoms with Crippen molar-refractivity contribution in [2.75, 3.05) is 0 Å². The van der Waals surface area contributed by atoms with Gasteiger partial charge in [-0.25, -0.2) is 0 Å². The molecule has 24 heavy (non-hydrogen) atoms. The fourth-order valence-corrected chi connectivity index (χ4v) is 2.83. The van der Waals surface area contributed by atoms with Crippen molar-refractivity contribution in [1.29, 1.82) is 0 Å². The normalized spacial score (nSPS) is 11.8. The van der Waals surface area contributed by atoms with Crippen LogP contribution in [-0.4, -0.2) is 10.9 Å². The molecule has 1 N–H and O–H groups in total. The Morgan fingerprint density at radius 1 is 0.875 bits per heavy atom. The summed E-state index contributed by atoms with van der Waals surface area (Å²) in [5.74, 6) is -0.284. The van der Waals surface area contributed by atoms with Gasteiger partial charge in [0.25, 0.3) is 5.91 Å². The van der Waals surface area contributed by atoms with Crippen LogP contribution in [0, 0.1) is 0 Å². The predicted molar refractivity (Wildman–Crippen MR) is 96.5 cm³/mol. The minimum Gasteiger partial charge on any atom is -0.341 e. The Bertz CT molecular complexity index is 799. The smallest absolute Gasteiger partial charge is 0.253 e. The molecule has 1 heterocycles. The number of carbonyl (C=O) groups excluding carboxylic acids is 1. The highest BCUT2D eigenvalue weighted by atomic mass is 35.5. The maximum atomic E-state index is 12.7. The quantitative estimate of drug-likeness (QED) is 0.721. The van der Waals surface area contributed by atoms with E-state index < -0.39 is 0 Å². The maximum Gasteiger partial charge on any atom is 0.253 e. The molecule has 5 heteroatoms. The first-order chi connectivity index (χ1) is 11.7. The third-order valence-corrected chi connectivity index (χ3v) is 4.46. The van der Waals surface area contributed by atoms with Gasteiger partial charge < -0.3 is 5.32 Å². The van der Waals surface area contributed by atoms with Gasteiger partial charge in [-0.1, -0.05) is 59.6 Å². The van der Waals surface area contributed by atoms with Crippen LogP contribution in [0.15, 0.2) is 73.1 Å². The van der Waals surface area contributed by atoms with Crippen LogP contribution in [0.5, 0.6) is 0 Å². The summed E-state index contributed by atoms with van der Waals surface area (Å²) in [6, 6.07) is 18.2. The summed E-state index contributed by atoms with van der Waals surface area (Å²) in [5.41, 5.74) is 2.25. The first kappa shape index (κ1) is 16.5. The van der Waals surface area contributed by atoms with Crippen LogP contribution in [0.2, 0.25) is 10.0 Å². The Morgan fingerprint density at radius 3 is 2.25 bits per heavy atom. The molecule has 1 amide bonds. The van der Waals surface area contributed by atoms with Crippen molar-refractivity contribution in [2.24, 2.45) is 0 Å². The van der Waals surface area contributed by atoms with E-state index in [0.717, 1.165) is 11.1 Å². The molecular formula is C19H14Cl2N2O. The number of carbonyl (C=O) groups is 1. The van der Waals surface area contributed by atoms with Gasteiger partial charge >= 0.3 is 0 Å². The molecule has 1 unspecified atom stereocenters. The van der Waals surface area contributed by atoms with Gasteiger partial charge in [0, 0.05) is 12.4 Å². The van der Waals surface area contributed by atoms with Crippen molar-refractivity contribution < 1.29 is 4.79 Å². The van der Waals surface area contributed by atoms with Crippen molar-refractivity contribution in [2.45, 2.75) is 6.04 Å². The lowest BCUT2D eigenvalue weighted by molar-refractivity contribution is 0.0943. The first-order valence-corrected chi connectivity index (χ1v) is 8.12. The summed E-state index contributed by atoms with van der Waals surface area (Å²) in [6.07, 6.45) is 3.40. The van der Waals surface area contributed by atoms with Crippen LogP contribution >= 0.6 is 23.2 Å². The maximum absolute atomic E-state index is 12.7. The highest BCUT2D eigenvalue weighted by Gasteiger charge is 2.20. The molecule has 0 aliphatic rings. The largest absolute Gasteiger partial charge is 0.341 e. The highest BCUT2D eigenvalue weighted by Crippen LogP contribution is 2.27. The third-order valence-electron chi connectivity index (χ3n) is 3.64. The zero-order chi connectivity index (χ0) is 16.9. The Morgan fingerprint density at radius 2 is 1.54 bits per heavy atom. The summed E-state index contributed by atoms with van der Waals surface area (Å²) >= 11 is 12.2. The van der Waals surface area contributed by atoms with Crippen molar-refractivity contribution in [3.05, 3.63) is 99.8 Å². The van der Waals surface area contributed by atoms with Crippen molar-refractivity contribution >= 4 is 29.1 Å². The fourth-order valence-electron chi connectivity index (χ4n) is 2.45. The van der Waals surface area contributed by atoms with E-state index >= 15 is 0 Å². The second kappa shape index (κ2) is 7.47.